The molecule has 0 saturated carbocycles. The summed E-state index contributed by atoms with van der Waals surface area (Å²) in [6.45, 7) is 0.494. The van der Waals surface area contributed by atoms with Gasteiger partial charge in [0.15, 0.2) is 0 Å². The standard InChI is InChI=1S/C9H11NO2/c10-5-6-4-7-8(11)2-1-3-9(7)12-6/h1-3,6,11H,4-5,10H2. The topological polar surface area (TPSA) is 55.5 Å². The van der Waals surface area contributed by atoms with Crippen LogP contribution in [0.3, 0.4) is 0 Å². The van der Waals surface area contributed by atoms with Crippen LogP contribution in [0.15, 0.2) is 18.2 Å². The highest BCUT2D eigenvalue weighted by Crippen LogP contribution is 2.34. The maximum atomic E-state index is 9.42. The molecule has 64 valence electrons. The fourth-order valence-corrected chi connectivity index (χ4v) is 1.45. The van der Waals surface area contributed by atoms with Crippen molar-refractivity contribution in [3.63, 3.8) is 0 Å². The van der Waals surface area contributed by atoms with Crippen LogP contribution in [0.4, 0.5) is 0 Å². The van der Waals surface area contributed by atoms with E-state index >= 15 is 0 Å². The lowest BCUT2D eigenvalue weighted by atomic mass is 10.1. The zero-order valence-corrected chi connectivity index (χ0v) is 6.66. The fraction of sp³-hybridized carbons (Fsp3) is 0.333. The van der Waals surface area contributed by atoms with E-state index in [1.165, 1.54) is 0 Å². The van der Waals surface area contributed by atoms with Crippen LogP contribution in [0.1, 0.15) is 5.56 Å². The summed E-state index contributed by atoms with van der Waals surface area (Å²) in [5.41, 5.74) is 6.34. The molecule has 0 amide bonds. The number of hydrogen-bond acceptors (Lipinski definition) is 3. The quantitative estimate of drug-likeness (QED) is 0.642. The zero-order chi connectivity index (χ0) is 8.55. The molecule has 3 N–H and O–H groups in total. The summed E-state index contributed by atoms with van der Waals surface area (Å²) in [7, 11) is 0. The van der Waals surface area contributed by atoms with Crippen LogP contribution >= 0.6 is 0 Å². The van der Waals surface area contributed by atoms with Crippen LogP contribution in [-0.4, -0.2) is 17.8 Å². The first-order valence-electron chi connectivity index (χ1n) is 3.99. The number of phenolic OH excluding ortho intramolecular Hbond substituents is 1. The number of aromatic hydroxyl groups is 1. The molecule has 1 aliphatic heterocycles. The largest absolute Gasteiger partial charge is 0.508 e. The van der Waals surface area contributed by atoms with Crippen molar-refractivity contribution >= 4 is 0 Å². The van der Waals surface area contributed by atoms with Gasteiger partial charge in [0.25, 0.3) is 0 Å². The molecule has 0 saturated heterocycles. The molecule has 2 rings (SSSR count). The molecule has 0 bridgehead atoms. The second kappa shape index (κ2) is 2.68. The summed E-state index contributed by atoms with van der Waals surface area (Å²) in [5.74, 6) is 1.08. The number of fused-ring (bicyclic) bond motifs is 1. The Bertz CT molecular complexity index is 299. The summed E-state index contributed by atoms with van der Waals surface area (Å²) in [6, 6.07) is 5.29. The van der Waals surface area contributed by atoms with Gasteiger partial charge in [-0.2, -0.15) is 0 Å². The van der Waals surface area contributed by atoms with Crippen LogP contribution in [-0.2, 0) is 6.42 Å². The van der Waals surface area contributed by atoms with Crippen molar-refractivity contribution in [1.82, 2.24) is 0 Å². The molecule has 0 fully saturated rings. The molecule has 1 heterocycles. The third kappa shape index (κ3) is 1.02. The van der Waals surface area contributed by atoms with Crippen LogP contribution in [0, 0.1) is 0 Å². The van der Waals surface area contributed by atoms with Gasteiger partial charge in [-0.25, -0.2) is 0 Å². The Morgan fingerprint density at radius 2 is 2.42 bits per heavy atom. The second-order valence-electron chi connectivity index (χ2n) is 2.93. The van der Waals surface area contributed by atoms with Crippen molar-refractivity contribution in [3.8, 4) is 11.5 Å². The molecule has 0 aliphatic carbocycles. The molecule has 12 heavy (non-hydrogen) atoms. The van der Waals surface area contributed by atoms with Crippen molar-refractivity contribution < 1.29 is 9.84 Å². The molecule has 1 aromatic carbocycles. The third-order valence-electron chi connectivity index (χ3n) is 2.10. The predicted octanol–water partition coefficient (Wildman–Crippen LogP) is 0.654. The average Bonchev–Trinajstić information content (AvgIpc) is 2.49. The summed E-state index contributed by atoms with van der Waals surface area (Å²) in [5, 5.41) is 9.42. The number of benzene rings is 1. The number of phenols is 1. The Morgan fingerprint density at radius 3 is 3.08 bits per heavy atom. The maximum absolute atomic E-state index is 9.42. The highest BCUT2D eigenvalue weighted by Gasteiger charge is 2.23. The highest BCUT2D eigenvalue weighted by atomic mass is 16.5. The minimum Gasteiger partial charge on any atom is -0.508 e. The van der Waals surface area contributed by atoms with Crippen molar-refractivity contribution in [3.05, 3.63) is 23.8 Å². The minimum atomic E-state index is 0.0355. The first-order chi connectivity index (χ1) is 5.81. The molecule has 3 nitrogen and oxygen atoms in total. The van der Waals surface area contributed by atoms with Crippen LogP contribution < -0.4 is 10.5 Å². The molecular formula is C9H11NO2. The predicted molar refractivity (Wildman–Crippen MR) is 45.3 cm³/mol. The molecule has 0 spiro atoms. The van der Waals surface area contributed by atoms with Crippen LogP contribution in [0.25, 0.3) is 0 Å². The van der Waals surface area contributed by atoms with E-state index in [1.807, 2.05) is 6.07 Å². The molecular weight excluding hydrogens is 154 g/mol. The minimum absolute atomic E-state index is 0.0355. The second-order valence-corrected chi connectivity index (χ2v) is 2.93. The van der Waals surface area contributed by atoms with Gasteiger partial charge in [0, 0.05) is 18.5 Å². The van der Waals surface area contributed by atoms with Crippen LogP contribution in [0.2, 0.25) is 0 Å². The molecule has 1 unspecified atom stereocenters. The molecule has 1 aromatic rings. The lowest BCUT2D eigenvalue weighted by molar-refractivity contribution is 0.241. The van der Waals surface area contributed by atoms with Gasteiger partial charge in [0.2, 0.25) is 0 Å². The van der Waals surface area contributed by atoms with E-state index in [1.54, 1.807) is 12.1 Å². The Kier molecular flexibility index (Phi) is 1.66. The Morgan fingerprint density at radius 1 is 1.58 bits per heavy atom. The maximum Gasteiger partial charge on any atom is 0.126 e. The lowest BCUT2D eigenvalue weighted by Crippen LogP contribution is -2.24. The smallest absolute Gasteiger partial charge is 0.126 e. The van der Waals surface area contributed by atoms with Gasteiger partial charge in [-0.05, 0) is 12.1 Å². The van der Waals surface area contributed by atoms with Gasteiger partial charge in [-0.3, -0.25) is 0 Å². The molecule has 1 atom stereocenters. The first-order valence-corrected chi connectivity index (χ1v) is 3.99. The molecule has 3 heteroatoms. The fourth-order valence-electron chi connectivity index (χ4n) is 1.45. The van der Waals surface area contributed by atoms with Crippen molar-refractivity contribution in [2.24, 2.45) is 5.73 Å². The van der Waals surface area contributed by atoms with Gasteiger partial charge in [0.1, 0.15) is 17.6 Å². The van der Waals surface area contributed by atoms with Gasteiger partial charge in [0.05, 0.1) is 0 Å². The number of rotatable bonds is 1. The molecule has 0 radical (unpaired) electrons. The first kappa shape index (κ1) is 7.43. The summed E-state index contributed by atoms with van der Waals surface area (Å²) in [4.78, 5) is 0. The van der Waals surface area contributed by atoms with Crippen molar-refractivity contribution in [2.45, 2.75) is 12.5 Å². The van der Waals surface area contributed by atoms with E-state index in [4.69, 9.17) is 10.5 Å². The average molecular weight is 165 g/mol. The van der Waals surface area contributed by atoms with Crippen molar-refractivity contribution in [1.29, 1.82) is 0 Å². The van der Waals surface area contributed by atoms with E-state index in [0.717, 1.165) is 17.7 Å². The van der Waals surface area contributed by atoms with Gasteiger partial charge in [-0.1, -0.05) is 6.07 Å². The lowest BCUT2D eigenvalue weighted by Gasteiger charge is -2.05. The van der Waals surface area contributed by atoms with E-state index in [2.05, 4.69) is 0 Å². The van der Waals surface area contributed by atoms with Crippen molar-refractivity contribution in [2.75, 3.05) is 6.54 Å². The molecule has 1 aliphatic rings. The summed E-state index contributed by atoms with van der Waals surface area (Å²) < 4.78 is 5.45. The Labute approximate surface area is 70.8 Å². The van der Waals surface area contributed by atoms with E-state index in [9.17, 15) is 5.11 Å². The normalized spacial score (nSPS) is 20.2. The number of nitrogens with two attached hydrogens (primary N) is 1. The third-order valence-corrected chi connectivity index (χ3v) is 2.10. The Balaban J connectivity index is 2.35. The van der Waals surface area contributed by atoms with Gasteiger partial charge >= 0.3 is 0 Å². The van der Waals surface area contributed by atoms with Gasteiger partial charge in [-0.15, -0.1) is 0 Å². The van der Waals surface area contributed by atoms with Crippen LogP contribution in [0.5, 0.6) is 11.5 Å². The molecule has 0 aromatic heterocycles. The van der Waals surface area contributed by atoms with Gasteiger partial charge < -0.3 is 15.6 Å². The van der Waals surface area contributed by atoms with E-state index in [0.29, 0.717) is 12.3 Å². The highest BCUT2D eigenvalue weighted by molar-refractivity contribution is 5.46. The Hall–Kier alpha value is -1.22. The number of hydrogen-bond donors (Lipinski definition) is 2. The zero-order valence-electron chi connectivity index (χ0n) is 6.66. The van der Waals surface area contributed by atoms with E-state index in [-0.39, 0.29) is 6.10 Å². The summed E-state index contributed by atoms with van der Waals surface area (Å²) in [6.07, 6.45) is 0.756. The van der Waals surface area contributed by atoms with E-state index < -0.39 is 0 Å². The monoisotopic (exact) mass is 165 g/mol. The number of ether oxygens (including phenoxy) is 1. The summed E-state index contributed by atoms with van der Waals surface area (Å²) >= 11 is 0. The SMILES string of the molecule is NCC1Cc2c(O)cccc2O1.